The van der Waals surface area contributed by atoms with Gasteiger partial charge in [0.15, 0.2) is 0 Å². The summed E-state index contributed by atoms with van der Waals surface area (Å²) in [5.41, 5.74) is 5.12. The predicted octanol–water partition coefficient (Wildman–Crippen LogP) is 5.89. The van der Waals surface area contributed by atoms with E-state index in [1.165, 1.54) is 0 Å². The Balaban J connectivity index is 1.40. The molecule has 0 fully saturated rings. The second-order valence-corrected chi connectivity index (χ2v) is 9.90. The van der Waals surface area contributed by atoms with Crippen molar-refractivity contribution in [2.45, 2.75) is 25.8 Å². The number of carboxylic acids is 1. The Morgan fingerprint density at radius 1 is 0.878 bits per heavy atom. The fraction of sp³-hybridized carbons (Fsp3) is 0.167. The Morgan fingerprint density at radius 2 is 1.61 bits per heavy atom. The summed E-state index contributed by atoms with van der Waals surface area (Å²) in [6, 6.07) is 23.1. The predicted molar refractivity (Wildman–Crippen MR) is 154 cm³/mol. The average Bonchev–Trinajstić information content (AvgIpc) is 3.47. The van der Waals surface area contributed by atoms with Gasteiger partial charge in [0, 0.05) is 34.9 Å². The van der Waals surface area contributed by atoms with Crippen molar-refractivity contribution in [1.82, 2.24) is 15.6 Å². The molecular weight excluding hydrogens is 569 g/mol. The molecule has 0 aliphatic heterocycles. The number of carbonyl (C=O) groups is 1. The molecule has 210 valence electrons. The third-order valence-corrected chi connectivity index (χ3v) is 7.18. The number of aliphatic hydroxyl groups excluding tert-OH is 1. The van der Waals surface area contributed by atoms with Crippen molar-refractivity contribution >= 4 is 40.2 Å². The lowest BCUT2D eigenvalue weighted by molar-refractivity contribution is -0.140. The maximum Gasteiger partial charge on any atom is 0.323 e. The minimum Gasteiger partial charge on any atom is -0.488 e. The van der Waals surface area contributed by atoms with Gasteiger partial charge in [0.2, 0.25) is 0 Å². The van der Waals surface area contributed by atoms with Gasteiger partial charge < -0.3 is 19.7 Å². The van der Waals surface area contributed by atoms with Crippen LogP contribution in [0.3, 0.4) is 0 Å². The van der Waals surface area contributed by atoms with Gasteiger partial charge in [-0.3, -0.25) is 10.1 Å². The Morgan fingerprint density at radius 3 is 2.39 bits per heavy atom. The highest BCUT2D eigenvalue weighted by Gasteiger charge is 2.19. The van der Waals surface area contributed by atoms with Gasteiger partial charge >= 0.3 is 5.97 Å². The van der Waals surface area contributed by atoms with Crippen molar-refractivity contribution in [1.29, 1.82) is 0 Å². The summed E-state index contributed by atoms with van der Waals surface area (Å²) >= 11 is 13.3. The van der Waals surface area contributed by atoms with Gasteiger partial charge in [-0.2, -0.15) is 0 Å². The number of aliphatic hydroxyl groups is 1. The van der Waals surface area contributed by atoms with E-state index in [1.54, 1.807) is 18.2 Å². The van der Waals surface area contributed by atoms with E-state index in [-0.39, 0.29) is 19.8 Å². The Hall–Kier alpha value is -4.15. The molecule has 4 aromatic carbocycles. The summed E-state index contributed by atoms with van der Waals surface area (Å²) in [6.45, 7) is -0.253. The molecule has 1 atom stereocenters. The number of nitrogens with one attached hydrogen (secondary N) is 1. The first kappa shape index (κ1) is 28.4. The average molecular weight is 594 g/mol. The zero-order valence-corrected chi connectivity index (χ0v) is 23.1. The van der Waals surface area contributed by atoms with Gasteiger partial charge in [0.1, 0.15) is 41.8 Å². The Bertz CT molecular complexity index is 1660. The van der Waals surface area contributed by atoms with Crippen molar-refractivity contribution in [3.05, 3.63) is 106 Å². The van der Waals surface area contributed by atoms with Crippen molar-refractivity contribution in [2.75, 3.05) is 6.61 Å². The molecule has 0 bridgehead atoms. The molecule has 9 nitrogen and oxygen atoms in total. The molecule has 5 rings (SSSR count). The fourth-order valence-corrected chi connectivity index (χ4v) is 4.77. The minimum absolute atomic E-state index is 0.0630. The monoisotopic (exact) mass is 593 g/mol. The highest BCUT2D eigenvalue weighted by atomic mass is 35.5. The quantitative estimate of drug-likeness (QED) is 0.162. The molecule has 0 unspecified atom stereocenters. The van der Waals surface area contributed by atoms with Crippen molar-refractivity contribution in [2.24, 2.45) is 0 Å². The summed E-state index contributed by atoms with van der Waals surface area (Å²) in [5, 5.41) is 30.2. The second kappa shape index (κ2) is 13.0. The zero-order chi connectivity index (χ0) is 28.8. The highest BCUT2D eigenvalue weighted by Crippen LogP contribution is 2.36. The van der Waals surface area contributed by atoms with E-state index in [0.717, 1.165) is 22.3 Å². The van der Waals surface area contributed by atoms with Crippen LogP contribution >= 0.6 is 23.2 Å². The first-order valence-electron chi connectivity index (χ1n) is 12.6. The highest BCUT2D eigenvalue weighted by molar-refractivity contribution is 6.34. The summed E-state index contributed by atoms with van der Waals surface area (Å²) in [6.07, 6.45) is 0. The molecule has 1 aromatic heterocycles. The van der Waals surface area contributed by atoms with Crippen molar-refractivity contribution in [3.63, 3.8) is 0 Å². The van der Waals surface area contributed by atoms with E-state index < -0.39 is 18.6 Å². The van der Waals surface area contributed by atoms with Crippen LogP contribution < -0.4 is 14.8 Å². The van der Waals surface area contributed by atoms with E-state index in [4.69, 9.17) is 37.3 Å². The largest absolute Gasteiger partial charge is 0.488 e. The summed E-state index contributed by atoms with van der Waals surface area (Å²) in [4.78, 5) is 11.4. The summed E-state index contributed by atoms with van der Waals surface area (Å²) < 4.78 is 17.1. The van der Waals surface area contributed by atoms with Crippen LogP contribution in [0.5, 0.6) is 11.5 Å². The fourth-order valence-electron chi connectivity index (χ4n) is 4.24. The molecule has 0 aliphatic carbocycles. The first-order chi connectivity index (χ1) is 19.9. The van der Waals surface area contributed by atoms with Crippen LogP contribution in [-0.2, 0) is 24.6 Å². The Kier molecular flexibility index (Phi) is 9.01. The van der Waals surface area contributed by atoms with Gasteiger partial charge in [-0.15, -0.1) is 0 Å². The molecule has 11 heteroatoms. The number of aromatic nitrogens is 2. The lowest BCUT2D eigenvalue weighted by Crippen LogP contribution is -2.39. The number of nitrogens with zero attached hydrogens (tertiary/aromatic N) is 2. The molecule has 1 heterocycles. The third-order valence-electron chi connectivity index (χ3n) is 6.43. The van der Waals surface area contributed by atoms with Crippen LogP contribution in [-0.4, -0.2) is 39.1 Å². The first-order valence-corrected chi connectivity index (χ1v) is 13.4. The molecule has 0 amide bonds. The van der Waals surface area contributed by atoms with E-state index in [2.05, 4.69) is 15.6 Å². The van der Waals surface area contributed by atoms with Gasteiger partial charge in [0.25, 0.3) is 0 Å². The SMILES string of the molecule is O=C(O)[C@@H](CO)NCc1cc(Cl)c(OCc2cccc(-c3ccccc3)c2Cl)cc1OCc1cccc2nonc12. The standard InChI is InChI=1S/C30H25Cl2N3O6/c31-23-12-21(14-33-25(15-36)30(37)38)26(39-17-20-9-5-11-24-29(20)35-41-34-24)13-27(23)40-16-19-8-4-10-22(28(19)32)18-6-2-1-3-7-18/h1-13,25,33,36H,14-17H2,(H,37,38)/t25-/m1/s1. The molecule has 0 saturated carbocycles. The minimum atomic E-state index is -1.18. The molecule has 0 radical (unpaired) electrons. The van der Waals surface area contributed by atoms with E-state index >= 15 is 0 Å². The molecule has 0 saturated heterocycles. The Labute approximate surface area is 245 Å². The number of halogens is 2. The van der Waals surface area contributed by atoms with E-state index in [1.807, 2.05) is 60.7 Å². The number of hydrogen-bond acceptors (Lipinski definition) is 8. The normalized spacial score (nSPS) is 11.9. The number of carboxylic acid groups (broad SMARTS) is 1. The van der Waals surface area contributed by atoms with Gasteiger partial charge in [-0.05, 0) is 28.0 Å². The number of ether oxygens (including phenoxy) is 2. The number of rotatable bonds is 12. The molecule has 5 aromatic rings. The number of benzene rings is 4. The van der Waals surface area contributed by atoms with Crippen LogP contribution in [0.25, 0.3) is 22.2 Å². The van der Waals surface area contributed by atoms with Crippen LogP contribution in [0, 0.1) is 0 Å². The molecular formula is C30H25Cl2N3O6. The number of hydrogen-bond donors (Lipinski definition) is 3. The maximum atomic E-state index is 11.4. The van der Waals surface area contributed by atoms with Crippen LogP contribution in [0.4, 0.5) is 0 Å². The van der Waals surface area contributed by atoms with Gasteiger partial charge in [-0.25, -0.2) is 4.63 Å². The zero-order valence-electron chi connectivity index (χ0n) is 21.6. The second-order valence-electron chi connectivity index (χ2n) is 9.12. The summed E-state index contributed by atoms with van der Waals surface area (Å²) in [7, 11) is 0. The number of fused-ring (bicyclic) bond motifs is 1. The van der Waals surface area contributed by atoms with E-state index in [0.29, 0.717) is 38.1 Å². The van der Waals surface area contributed by atoms with Crippen LogP contribution in [0.2, 0.25) is 10.0 Å². The topological polar surface area (TPSA) is 127 Å². The van der Waals surface area contributed by atoms with Crippen molar-refractivity contribution in [3.8, 4) is 22.6 Å². The molecule has 0 aliphatic rings. The van der Waals surface area contributed by atoms with E-state index in [9.17, 15) is 15.0 Å². The number of aliphatic carboxylic acids is 1. The smallest absolute Gasteiger partial charge is 0.323 e. The molecule has 0 spiro atoms. The lowest BCUT2D eigenvalue weighted by Gasteiger charge is -2.18. The molecule has 41 heavy (non-hydrogen) atoms. The van der Waals surface area contributed by atoms with Crippen LogP contribution in [0.1, 0.15) is 16.7 Å². The lowest BCUT2D eigenvalue weighted by atomic mass is 10.0. The van der Waals surface area contributed by atoms with Gasteiger partial charge in [0.05, 0.1) is 16.7 Å². The van der Waals surface area contributed by atoms with Crippen molar-refractivity contribution < 1.29 is 29.1 Å². The van der Waals surface area contributed by atoms with Gasteiger partial charge in [-0.1, -0.05) is 83.9 Å². The summed E-state index contributed by atoms with van der Waals surface area (Å²) in [5.74, 6) is -0.428. The third kappa shape index (κ3) is 6.61. The maximum absolute atomic E-state index is 11.4. The van der Waals surface area contributed by atoms with Crippen LogP contribution in [0.15, 0.2) is 83.5 Å². The molecule has 3 N–H and O–H groups in total.